The Balaban J connectivity index is 1.25. The summed E-state index contributed by atoms with van der Waals surface area (Å²) in [7, 11) is 1.85. The third-order valence-electron chi connectivity index (χ3n) is 7.55. The number of halogens is 1. The highest BCUT2D eigenvalue weighted by molar-refractivity contribution is 5.97. The van der Waals surface area contributed by atoms with Gasteiger partial charge in [-0.2, -0.15) is 5.10 Å². The number of H-pyrrole nitrogens is 2. The van der Waals surface area contributed by atoms with E-state index in [1.807, 2.05) is 49.9 Å². The number of benzene rings is 2. The van der Waals surface area contributed by atoms with Crippen LogP contribution in [-0.4, -0.2) is 68.3 Å². The molecule has 41 heavy (non-hydrogen) atoms. The van der Waals surface area contributed by atoms with E-state index >= 15 is 0 Å². The molecule has 0 amide bonds. The Labute approximate surface area is 236 Å². The molecule has 0 saturated carbocycles. The van der Waals surface area contributed by atoms with Crippen molar-refractivity contribution in [1.82, 2.24) is 45.7 Å². The Hall–Kier alpha value is -4.51. The molecule has 1 fully saturated rings. The van der Waals surface area contributed by atoms with E-state index in [-0.39, 0.29) is 5.82 Å². The minimum atomic E-state index is -0.273. The average molecular weight is 548 g/mol. The molecule has 0 radical (unpaired) electrons. The van der Waals surface area contributed by atoms with Crippen LogP contribution < -0.4 is 10.6 Å². The van der Waals surface area contributed by atoms with Gasteiger partial charge in [-0.25, -0.2) is 14.4 Å². The fraction of sp³-hybridized carbons (Fsp3) is 0.226. The number of rotatable bonds is 7. The van der Waals surface area contributed by atoms with Gasteiger partial charge in [0.2, 0.25) is 0 Å². The van der Waals surface area contributed by atoms with E-state index in [4.69, 9.17) is 4.98 Å². The third kappa shape index (κ3) is 5.08. The number of aromatic amines is 2. The van der Waals surface area contributed by atoms with Crippen LogP contribution in [0.1, 0.15) is 11.1 Å². The SMILES string of the molecule is CNCc1cc(F)cc(-c2cccc3[nH]c(-c4[nH]nc5ncc(-c6cncc(CN7CCNCC7)c6)cc45)nc23)c1. The number of imidazole rings is 1. The van der Waals surface area contributed by atoms with Gasteiger partial charge in [0.25, 0.3) is 0 Å². The van der Waals surface area contributed by atoms with E-state index in [1.165, 1.54) is 5.56 Å². The number of piperazine rings is 1. The molecule has 4 aromatic heterocycles. The van der Waals surface area contributed by atoms with Crippen molar-refractivity contribution < 1.29 is 4.39 Å². The predicted octanol–water partition coefficient (Wildman–Crippen LogP) is 4.49. The summed E-state index contributed by atoms with van der Waals surface area (Å²) in [5.74, 6) is 0.372. The molecule has 7 rings (SSSR count). The number of aromatic nitrogens is 6. The number of hydrogen-bond acceptors (Lipinski definition) is 7. The monoisotopic (exact) mass is 547 g/mol. The van der Waals surface area contributed by atoms with E-state index in [1.54, 1.807) is 12.1 Å². The first-order valence-corrected chi connectivity index (χ1v) is 13.8. The van der Waals surface area contributed by atoms with E-state index < -0.39 is 0 Å². The number of fused-ring (bicyclic) bond motifs is 2. The molecule has 0 atom stereocenters. The Kier molecular flexibility index (Phi) is 6.71. The van der Waals surface area contributed by atoms with E-state index in [0.717, 1.165) is 82.7 Å². The second kappa shape index (κ2) is 10.8. The van der Waals surface area contributed by atoms with Crippen LogP contribution in [0.5, 0.6) is 0 Å². The normalized spacial score (nSPS) is 14.3. The van der Waals surface area contributed by atoms with Crippen LogP contribution in [-0.2, 0) is 13.1 Å². The van der Waals surface area contributed by atoms with Crippen molar-refractivity contribution in [2.45, 2.75) is 13.1 Å². The van der Waals surface area contributed by atoms with Crippen molar-refractivity contribution in [3.05, 3.63) is 84.1 Å². The Morgan fingerprint density at radius 3 is 2.68 bits per heavy atom. The number of nitrogens with zero attached hydrogens (tertiary/aromatic N) is 5. The molecule has 0 unspecified atom stereocenters. The lowest BCUT2D eigenvalue weighted by Crippen LogP contribution is -2.42. The summed E-state index contributed by atoms with van der Waals surface area (Å²) in [4.78, 5) is 20.0. The van der Waals surface area contributed by atoms with Gasteiger partial charge in [0.1, 0.15) is 11.5 Å². The minimum Gasteiger partial charge on any atom is -0.337 e. The largest absolute Gasteiger partial charge is 0.337 e. The van der Waals surface area contributed by atoms with Gasteiger partial charge in [-0.05, 0) is 60.1 Å². The molecule has 4 N–H and O–H groups in total. The van der Waals surface area contributed by atoms with Gasteiger partial charge in [-0.15, -0.1) is 0 Å². The second-order valence-electron chi connectivity index (χ2n) is 10.5. The van der Waals surface area contributed by atoms with Crippen molar-refractivity contribution in [1.29, 1.82) is 0 Å². The highest BCUT2D eigenvalue weighted by Crippen LogP contribution is 2.33. The lowest BCUT2D eigenvalue weighted by molar-refractivity contribution is 0.233. The molecule has 9 nitrogen and oxygen atoms in total. The number of pyridine rings is 2. The lowest BCUT2D eigenvalue weighted by atomic mass is 10.0. The van der Waals surface area contributed by atoms with Crippen LogP contribution in [0, 0.1) is 5.82 Å². The smallest absolute Gasteiger partial charge is 0.181 e. The van der Waals surface area contributed by atoms with Gasteiger partial charge in [0.05, 0.1) is 16.4 Å². The summed E-state index contributed by atoms with van der Waals surface area (Å²) in [5, 5.41) is 14.9. The minimum absolute atomic E-state index is 0.273. The first-order chi connectivity index (χ1) is 20.1. The zero-order valence-corrected chi connectivity index (χ0v) is 22.7. The van der Waals surface area contributed by atoms with E-state index in [2.05, 4.69) is 52.8 Å². The van der Waals surface area contributed by atoms with Crippen LogP contribution in [0.3, 0.4) is 0 Å². The van der Waals surface area contributed by atoms with Crippen molar-refractivity contribution in [2.75, 3.05) is 33.2 Å². The Morgan fingerprint density at radius 1 is 0.951 bits per heavy atom. The van der Waals surface area contributed by atoms with E-state index in [0.29, 0.717) is 18.0 Å². The Bertz CT molecular complexity index is 1850. The molecule has 0 aliphatic carbocycles. The quantitative estimate of drug-likeness (QED) is 0.233. The van der Waals surface area contributed by atoms with Crippen molar-refractivity contribution >= 4 is 22.1 Å². The summed E-state index contributed by atoms with van der Waals surface area (Å²) in [6, 6.07) is 15.3. The van der Waals surface area contributed by atoms with Crippen molar-refractivity contribution in [3.8, 4) is 33.8 Å². The van der Waals surface area contributed by atoms with Crippen molar-refractivity contribution in [2.24, 2.45) is 0 Å². The molecule has 0 bridgehead atoms. The van der Waals surface area contributed by atoms with Crippen LogP contribution >= 0.6 is 0 Å². The van der Waals surface area contributed by atoms with Gasteiger partial charge >= 0.3 is 0 Å². The second-order valence-corrected chi connectivity index (χ2v) is 10.5. The number of hydrogen-bond donors (Lipinski definition) is 4. The highest BCUT2D eigenvalue weighted by atomic mass is 19.1. The van der Waals surface area contributed by atoms with Gasteiger partial charge in [0, 0.05) is 74.5 Å². The molecule has 2 aromatic carbocycles. The molecule has 10 heteroatoms. The maximum Gasteiger partial charge on any atom is 0.181 e. The fourth-order valence-corrected chi connectivity index (χ4v) is 5.59. The molecular formula is C31H30FN9. The first kappa shape index (κ1) is 25.5. The highest BCUT2D eigenvalue weighted by Gasteiger charge is 2.17. The summed E-state index contributed by atoms with van der Waals surface area (Å²) < 4.78 is 14.5. The summed E-state index contributed by atoms with van der Waals surface area (Å²) >= 11 is 0. The summed E-state index contributed by atoms with van der Waals surface area (Å²) in [6.45, 7) is 5.55. The van der Waals surface area contributed by atoms with Crippen LogP contribution in [0.15, 0.2) is 67.1 Å². The molecule has 1 aliphatic heterocycles. The van der Waals surface area contributed by atoms with Crippen LogP contribution in [0.4, 0.5) is 4.39 Å². The van der Waals surface area contributed by atoms with Crippen LogP contribution in [0.2, 0.25) is 0 Å². The number of para-hydroxylation sites is 1. The predicted molar refractivity (Wildman–Crippen MR) is 159 cm³/mol. The zero-order chi connectivity index (χ0) is 27.8. The molecule has 5 heterocycles. The molecule has 1 saturated heterocycles. The standard InChI is InChI=1S/C31H30FN9/c1-33-14-19-9-21(12-24(32)11-19)25-3-2-4-27-28(25)38-31(37-27)29-26-13-23(17-36-30(26)40-39-29)22-10-20(15-35-16-22)18-41-7-5-34-6-8-41/h2-4,9-13,15-17,33-34H,5-8,14,18H2,1H3,(H,37,38)(H,36,39,40). The first-order valence-electron chi connectivity index (χ1n) is 13.8. The summed E-state index contributed by atoms with van der Waals surface area (Å²) in [6.07, 6.45) is 5.65. The maximum absolute atomic E-state index is 14.5. The lowest BCUT2D eigenvalue weighted by Gasteiger charge is -2.27. The van der Waals surface area contributed by atoms with Gasteiger partial charge < -0.3 is 15.6 Å². The van der Waals surface area contributed by atoms with Gasteiger partial charge in [-0.1, -0.05) is 12.1 Å². The van der Waals surface area contributed by atoms with E-state index in [9.17, 15) is 4.39 Å². The topological polar surface area (TPSA) is 110 Å². The zero-order valence-electron chi connectivity index (χ0n) is 22.7. The molecule has 0 spiro atoms. The van der Waals surface area contributed by atoms with Crippen molar-refractivity contribution in [3.63, 3.8) is 0 Å². The Morgan fingerprint density at radius 2 is 1.80 bits per heavy atom. The van der Waals surface area contributed by atoms with Gasteiger partial charge in [0.15, 0.2) is 11.5 Å². The number of nitrogens with one attached hydrogen (secondary N) is 4. The molecule has 1 aliphatic rings. The average Bonchev–Trinajstić information content (AvgIpc) is 3.61. The molecular weight excluding hydrogens is 517 g/mol. The summed E-state index contributed by atoms with van der Waals surface area (Å²) in [5.41, 5.74) is 8.64. The van der Waals surface area contributed by atoms with Gasteiger partial charge in [-0.3, -0.25) is 15.0 Å². The maximum atomic E-state index is 14.5. The third-order valence-corrected chi connectivity index (χ3v) is 7.55. The molecule has 206 valence electrons. The van der Waals surface area contributed by atoms with Crippen LogP contribution in [0.25, 0.3) is 55.8 Å². The fourth-order valence-electron chi connectivity index (χ4n) is 5.59. The molecule has 6 aromatic rings.